The van der Waals surface area contributed by atoms with E-state index < -0.39 is 5.97 Å². The molecular formula is C16H17NO3. The average molecular weight is 271 g/mol. The van der Waals surface area contributed by atoms with Crippen molar-refractivity contribution in [2.45, 2.75) is 13.5 Å². The van der Waals surface area contributed by atoms with E-state index >= 15 is 0 Å². The first-order valence-electron chi connectivity index (χ1n) is 6.44. The van der Waals surface area contributed by atoms with Crippen molar-refractivity contribution in [3.05, 3.63) is 59.7 Å². The van der Waals surface area contributed by atoms with Crippen LogP contribution in [0.15, 0.2) is 48.5 Å². The lowest BCUT2D eigenvalue weighted by Gasteiger charge is -2.12. The van der Waals surface area contributed by atoms with Crippen LogP contribution in [0.3, 0.4) is 0 Å². The maximum Gasteiger partial charge on any atom is 0.344 e. The third-order valence-electron chi connectivity index (χ3n) is 2.78. The smallest absolute Gasteiger partial charge is 0.344 e. The van der Waals surface area contributed by atoms with Crippen LogP contribution >= 0.6 is 0 Å². The minimum atomic E-state index is -0.476. The molecule has 0 heterocycles. The zero-order chi connectivity index (χ0) is 14.4. The summed E-state index contributed by atoms with van der Waals surface area (Å²) in [4.78, 5) is 12.2. The molecule has 0 bridgehead atoms. The van der Waals surface area contributed by atoms with Gasteiger partial charge in [0, 0.05) is 5.69 Å². The van der Waals surface area contributed by atoms with Gasteiger partial charge in [-0.15, -0.1) is 0 Å². The molecule has 0 saturated heterocycles. The molecule has 104 valence electrons. The minimum Gasteiger partial charge on any atom is -0.493 e. The van der Waals surface area contributed by atoms with Crippen LogP contribution < -0.4 is 10.5 Å². The highest BCUT2D eigenvalue weighted by atomic mass is 16.5. The van der Waals surface area contributed by atoms with Crippen molar-refractivity contribution in [3.63, 3.8) is 0 Å². The highest BCUT2D eigenvalue weighted by molar-refractivity contribution is 5.98. The van der Waals surface area contributed by atoms with Gasteiger partial charge >= 0.3 is 5.97 Å². The first-order valence-corrected chi connectivity index (χ1v) is 6.44. The van der Waals surface area contributed by atoms with Crippen molar-refractivity contribution >= 4 is 11.7 Å². The Morgan fingerprint density at radius 1 is 1.10 bits per heavy atom. The maximum absolute atomic E-state index is 12.2. The largest absolute Gasteiger partial charge is 0.493 e. The third kappa shape index (κ3) is 3.29. The van der Waals surface area contributed by atoms with Crippen LogP contribution in [-0.2, 0) is 11.3 Å². The van der Waals surface area contributed by atoms with Gasteiger partial charge in [0.1, 0.15) is 17.9 Å². The summed E-state index contributed by atoms with van der Waals surface area (Å²) in [6.45, 7) is 2.52. The fourth-order valence-electron chi connectivity index (χ4n) is 1.84. The third-order valence-corrected chi connectivity index (χ3v) is 2.78. The number of esters is 1. The van der Waals surface area contributed by atoms with Gasteiger partial charge in [-0.25, -0.2) is 4.79 Å². The molecule has 0 unspecified atom stereocenters. The summed E-state index contributed by atoms with van der Waals surface area (Å²) in [6.07, 6.45) is 0. The molecule has 4 nitrogen and oxygen atoms in total. The standard InChI is InChI=1S/C16H17NO3/c1-2-19-14-10-6-9-13(17)15(14)16(18)20-11-12-7-4-3-5-8-12/h3-10H,2,11,17H2,1H3. The van der Waals surface area contributed by atoms with Gasteiger partial charge in [0.25, 0.3) is 0 Å². The molecule has 2 rings (SSSR count). The van der Waals surface area contributed by atoms with Crippen LogP contribution in [-0.4, -0.2) is 12.6 Å². The van der Waals surface area contributed by atoms with Crippen molar-refractivity contribution in [2.75, 3.05) is 12.3 Å². The van der Waals surface area contributed by atoms with Crippen LogP contribution in [0.5, 0.6) is 5.75 Å². The van der Waals surface area contributed by atoms with Crippen LogP contribution in [0, 0.1) is 0 Å². The first kappa shape index (κ1) is 13.9. The average Bonchev–Trinajstić information content (AvgIpc) is 2.46. The number of hydrogen-bond donors (Lipinski definition) is 1. The fraction of sp³-hybridized carbons (Fsp3) is 0.188. The van der Waals surface area contributed by atoms with Crippen molar-refractivity contribution in [1.82, 2.24) is 0 Å². The Morgan fingerprint density at radius 2 is 1.85 bits per heavy atom. The number of nitrogens with two attached hydrogens (primary N) is 1. The molecule has 0 aromatic heterocycles. The molecule has 2 aromatic carbocycles. The normalized spacial score (nSPS) is 10.1. The fourth-order valence-corrected chi connectivity index (χ4v) is 1.84. The van der Waals surface area contributed by atoms with E-state index in [1.165, 1.54) is 0 Å². The number of nitrogen functional groups attached to an aromatic ring is 1. The molecule has 2 aromatic rings. The number of rotatable bonds is 5. The lowest BCUT2D eigenvalue weighted by molar-refractivity contribution is 0.0469. The number of carbonyl (C=O) groups excluding carboxylic acids is 1. The van der Waals surface area contributed by atoms with Gasteiger partial charge in [0.15, 0.2) is 0 Å². The maximum atomic E-state index is 12.2. The Kier molecular flexibility index (Phi) is 4.60. The molecule has 0 saturated carbocycles. The van der Waals surface area contributed by atoms with Crippen molar-refractivity contribution in [1.29, 1.82) is 0 Å². The van der Waals surface area contributed by atoms with Gasteiger partial charge < -0.3 is 15.2 Å². The van der Waals surface area contributed by atoms with Crippen LogP contribution in [0.2, 0.25) is 0 Å². The second-order valence-electron chi connectivity index (χ2n) is 4.22. The Morgan fingerprint density at radius 3 is 2.55 bits per heavy atom. The zero-order valence-corrected chi connectivity index (χ0v) is 11.3. The predicted octanol–water partition coefficient (Wildman–Crippen LogP) is 3.02. The van der Waals surface area contributed by atoms with E-state index in [9.17, 15) is 4.79 Å². The second-order valence-corrected chi connectivity index (χ2v) is 4.22. The molecule has 4 heteroatoms. The molecule has 0 aliphatic carbocycles. The molecule has 0 fully saturated rings. The van der Waals surface area contributed by atoms with Gasteiger partial charge in [-0.1, -0.05) is 36.4 Å². The Labute approximate surface area is 118 Å². The highest BCUT2D eigenvalue weighted by Crippen LogP contribution is 2.25. The molecule has 0 aliphatic rings. The van der Waals surface area contributed by atoms with E-state index in [1.54, 1.807) is 18.2 Å². The van der Waals surface area contributed by atoms with Crippen LogP contribution in [0.1, 0.15) is 22.8 Å². The van der Waals surface area contributed by atoms with E-state index in [2.05, 4.69) is 0 Å². The van der Waals surface area contributed by atoms with Crippen molar-refractivity contribution in [3.8, 4) is 5.75 Å². The lowest BCUT2D eigenvalue weighted by Crippen LogP contribution is -2.11. The van der Waals surface area contributed by atoms with E-state index in [-0.39, 0.29) is 12.2 Å². The summed E-state index contributed by atoms with van der Waals surface area (Å²) >= 11 is 0. The molecule has 0 aliphatic heterocycles. The molecule has 0 spiro atoms. The summed E-state index contributed by atoms with van der Waals surface area (Å²) in [5.74, 6) is -0.0269. The van der Waals surface area contributed by atoms with E-state index in [1.807, 2.05) is 37.3 Å². The topological polar surface area (TPSA) is 61.5 Å². The van der Waals surface area contributed by atoms with Crippen molar-refractivity contribution in [2.24, 2.45) is 0 Å². The molecule has 20 heavy (non-hydrogen) atoms. The summed E-state index contributed by atoms with van der Waals surface area (Å²) in [6, 6.07) is 14.6. The zero-order valence-electron chi connectivity index (χ0n) is 11.3. The first-order chi connectivity index (χ1) is 9.72. The summed E-state index contributed by atoms with van der Waals surface area (Å²) in [5, 5.41) is 0. The number of benzene rings is 2. The van der Waals surface area contributed by atoms with Gasteiger partial charge in [-0.3, -0.25) is 0 Å². The molecule has 0 atom stereocenters. The van der Waals surface area contributed by atoms with Crippen LogP contribution in [0.25, 0.3) is 0 Å². The second kappa shape index (κ2) is 6.61. The van der Waals surface area contributed by atoms with E-state index in [0.29, 0.717) is 18.0 Å². The van der Waals surface area contributed by atoms with E-state index in [4.69, 9.17) is 15.2 Å². The molecule has 0 amide bonds. The summed E-state index contributed by atoms with van der Waals surface area (Å²) < 4.78 is 10.7. The van der Waals surface area contributed by atoms with Gasteiger partial charge in [-0.05, 0) is 24.6 Å². The minimum absolute atomic E-state index is 0.208. The number of anilines is 1. The number of hydrogen-bond acceptors (Lipinski definition) is 4. The predicted molar refractivity (Wildman–Crippen MR) is 77.6 cm³/mol. The number of ether oxygens (including phenoxy) is 2. The monoisotopic (exact) mass is 271 g/mol. The van der Waals surface area contributed by atoms with Crippen LogP contribution in [0.4, 0.5) is 5.69 Å². The molecule has 2 N–H and O–H groups in total. The Hall–Kier alpha value is -2.49. The summed E-state index contributed by atoms with van der Waals surface area (Å²) in [5.41, 5.74) is 7.40. The van der Waals surface area contributed by atoms with Gasteiger partial charge in [-0.2, -0.15) is 0 Å². The van der Waals surface area contributed by atoms with Gasteiger partial charge in [0.2, 0.25) is 0 Å². The summed E-state index contributed by atoms with van der Waals surface area (Å²) in [7, 11) is 0. The molecular weight excluding hydrogens is 254 g/mol. The number of carbonyl (C=O) groups is 1. The van der Waals surface area contributed by atoms with Crippen molar-refractivity contribution < 1.29 is 14.3 Å². The van der Waals surface area contributed by atoms with Gasteiger partial charge in [0.05, 0.1) is 6.61 Å². The van der Waals surface area contributed by atoms with E-state index in [0.717, 1.165) is 5.56 Å². The Bertz CT molecular complexity index is 582. The lowest BCUT2D eigenvalue weighted by atomic mass is 10.1. The SMILES string of the molecule is CCOc1cccc(N)c1C(=O)OCc1ccccc1. The quantitative estimate of drug-likeness (QED) is 0.670. The molecule has 0 radical (unpaired) electrons. The highest BCUT2D eigenvalue weighted by Gasteiger charge is 2.17. The Balaban J connectivity index is 2.13.